The van der Waals surface area contributed by atoms with Gasteiger partial charge in [0.05, 0.1) is 7.11 Å². The van der Waals surface area contributed by atoms with Gasteiger partial charge in [-0.2, -0.15) is 0 Å². The van der Waals surface area contributed by atoms with E-state index in [0.29, 0.717) is 22.9 Å². The molecule has 2 N–H and O–H groups in total. The van der Waals surface area contributed by atoms with E-state index < -0.39 is 30.2 Å². The Balaban J connectivity index is 1.59. The van der Waals surface area contributed by atoms with Crippen LogP contribution in [0.25, 0.3) is 6.08 Å². The highest BCUT2D eigenvalue weighted by atomic mass is 19.1. The normalized spacial score (nSPS) is 19.6. The Morgan fingerprint density at radius 2 is 1.95 bits per heavy atom. The highest BCUT2D eigenvalue weighted by Crippen LogP contribution is 2.46. The van der Waals surface area contributed by atoms with Gasteiger partial charge in [0.2, 0.25) is 5.91 Å². The third-order valence-corrected chi connectivity index (χ3v) is 6.88. The molecule has 4 amide bonds. The number of ether oxygens (including phenoxy) is 1. The number of halogens is 1. The Hall–Kier alpha value is -3.88. The first-order valence-electron chi connectivity index (χ1n) is 12.4. The van der Waals surface area contributed by atoms with Crippen LogP contribution in [-0.2, 0) is 9.59 Å². The molecule has 196 valence electrons. The van der Waals surface area contributed by atoms with Crippen LogP contribution < -0.4 is 20.3 Å². The first-order chi connectivity index (χ1) is 17.5. The number of nitrogens with zero attached hydrogens (tertiary/aromatic N) is 2. The maximum Gasteiger partial charge on any atom is 0.329 e. The molecular weight excluding hydrogens is 475 g/mol. The predicted octanol–water partition coefficient (Wildman–Crippen LogP) is 4.87. The second-order valence-electron chi connectivity index (χ2n) is 10.2. The van der Waals surface area contributed by atoms with Gasteiger partial charge in [-0.3, -0.25) is 9.59 Å². The average Bonchev–Trinajstić information content (AvgIpc) is 3.10. The van der Waals surface area contributed by atoms with Crippen LogP contribution in [0.2, 0.25) is 0 Å². The summed E-state index contributed by atoms with van der Waals surface area (Å²) in [5.41, 5.74) is 3.37. The molecule has 0 aliphatic carbocycles. The summed E-state index contributed by atoms with van der Waals surface area (Å²) in [6.07, 6.45) is 3.58. The molecule has 0 bridgehead atoms. The maximum absolute atomic E-state index is 13.1. The fourth-order valence-electron chi connectivity index (χ4n) is 5.21. The van der Waals surface area contributed by atoms with E-state index >= 15 is 0 Å². The molecule has 2 aromatic carbocycles. The van der Waals surface area contributed by atoms with Crippen molar-refractivity contribution in [2.75, 3.05) is 30.4 Å². The van der Waals surface area contributed by atoms with E-state index in [-0.39, 0.29) is 11.2 Å². The summed E-state index contributed by atoms with van der Waals surface area (Å²) in [5.74, 6) is -0.736. The topological polar surface area (TPSA) is 91.0 Å². The molecule has 8 nitrogen and oxygen atoms in total. The van der Waals surface area contributed by atoms with E-state index in [9.17, 15) is 18.8 Å². The molecule has 2 aromatic rings. The second kappa shape index (κ2) is 10.2. The number of carbonyl (C=O) groups is 3. The van der Waals surface area contributed by atoms with Crippen LogP contribution in [0, 0.1) is 5.82 Å². The monoisotopic (exact) mass is 508 g/mol. The third-order valence-electron chi connectivity index (χ3n) is 6.88. The van der Waals surface area contributed by atoms with Crippen molar-refractivity contribution in [3.05, 3.63) is 59.0 Å². The number of hydrogen-bond donors (Lipinski definition) is 2. The molecule has 0 aromatic heterocycles. The van der Waals surface area contributed by atoms with Crippen molar-refractivity contribution in [1.82, 2.24) is 10.2 Å². The Labute approximate surface area is 216 Å². The van der Waals surface area contributed by atoms with Crippen molar-refractivity contribution in [3.63, 3.8) is 0 Å². The number of hydrogen-bond acceptors (Lipinski definition) is 5. The van der Waals surface area contributed by atoms with Gasteiger partial charge in [-0.25, -0.2) is 14.1 Å². The number of benzene rings is 2. The largest absolute Gasteiger partial charge is 0.496 e. The van der Waals surface area contributed by atoms with Gasteiger partial charge in [0, 0.05) is 35.1 Å². The summed E-state index contributed by atoms with van der Waals surface area (Å²) in [6, 6.07) is 8.55. The van der Waals surface area contributed by atoms with Crippen LogP contribution in [-0.4, -0.2) is 48.5 Å². The number of imide groups is 1. The van der Waals surface area contributed by atoms with Gasteiger partial charge in [-0.15, -0.1) is 0 Å². The van der Waals surface area contributed by atoms with Crippen LogP contribution in [0.3, 0.4) is 0 Å². The molecule has 0 spiro atoms. The zero-order valence-electron chi connectivity index (χ0n) is 21.9. The maximum atomic E-state index is 13.1. The van der Waals surface area contributed by atoms with Crippen LogP contribution >= 0.6 is 0 Å². The van der Waals surface area contributed by atoms with E-state index in [0.717, 1.165) is 35.5 Å². The van der Waals surface area contributed by atoms with Gasteiger partial charge >= 0.3 is 6.03 Å². The van der Waals surface area contributed by atoms with Gasteiger partial charge in [0.15, 0.2) is 0 Å². The molecule has 9 heteroatoms. The quantitative estimate of drug-likeness (QED) is 0.412. The van der Waals surface area contributed by atoms with Gasteiger partial charge < -0.3 is 20.3 Å². The smallest absolute Gasteiger partial charge is 0.329 e. The lowest BCUT2D eigenvalue weighted by molar-refractivity contribution is -0.127. The predicted molar refractivity (Wildman–Crippen MR) is 141 cm³/mol. The highest BCUT2D eigenvalue weighted by Gasteiger charge is 2.38. The molecule has 2 aliphatic heterocycles. The zero-order chi connectivity index (χ0) is 26.9. The Morgan fingerprint density at radius 3 is 2.59 bits per heavy atom. The van der Waals surface area contributed by atoms with Gasteiger partial charge in [-0.1, -0.05) is 13.8 Å². The number of rotatable bonds is 7. The van der Waals surface area contributed by atoms with Gasteiger partial charge in [0.1, 0.15) is 23.8 Å². The minimum Gasteiger partial charge on any atom is -0.496 e. The van der Waals surface area contributed by atoms with Crippen molar-refractivity contribution in [2.24, 2.45) is 0 Å². The number of methoxy groups -OCH3 is 1. The minimum absolute atomic E-state index is 0.00218. The standard InChI is InChI=1S/C28H33FN4O4/c1-6-11-33-23-14-24(37-5)18(12-21(23)17(2)15-28(33,3)4)13-22-26(35)32(27(36)31-22)16-25(34)30-20-9-7-19(29)8-10-20/h7-10,12-14,17H,6,11,15-16H2,1-5H3,(H,30,34)(H,31,36)/b22-13+. The molecule has 1 saturated heterocycles. The molecule has 0 radical (unpaired) electrons. The second-order valence-corrected chi connectivity index (χ2v) is 10.2. The van der Waals surface area contributed by atoms with Crippen molar-refractivity contribution in [1.29, 1.82) is 0 Å². The Kier molecular flexibility index (Phi) is 7.25. The minimum atomic E-state index is -0.688. The van der Waals surface area contributed by atoms with E-state index in [1.807, 2.05) is 12.1 Å². The number of nitrogens with one attached hydrogen (secondary N) is 2. The number of amides is 4. The van der Waals surface area contributed by atoms with E-state index in [1.54, 1.807) is 13.2 Å². The zero-order valence-corrected chi connectivity index (χ0v) is 21.9. The van der Waals surface area contributed by atoms with Crippen molar-refractivity contribution in [3.8, 4) is 5.75 Å². The van der Waals surface area contributed by atoms with E-state index in [1.165, 1.54) is 24.3 Å². The Bertz CT molecular complexity index is 1260. The van der Waals surface area contributed by atoms with Gasteiger partial charge in [0.25, 0.3) is 5.91 Å². The van der Waals surface area contributed by atoms with Crippen LogP contribution in [0.4, 0.5) is 20.6 Å². The average molecular weight is 509 g/mol. The summed E-state index contributed by atoms with van der Waals surface area (Å²) in [6.45, 7) is 9.29. The molecule has 1 atom stereocenters. The van der Waals surface area contributed by atoms with Crippen molar-refractivity contribution < 1.29 is 23.5 Å². The van der Waals surface area contributed by atoms with Crippen LogP contribution in [0.1, 0.15) is 57.6 Å². The molecule has 2 aliphatic rings. The van der Waals surface area contributed by atoms with E-state index in [2.05, 4.69) is 43.2 Å². The Morgan fingerprint density at radius 1 is 1.24 bits per heavy atom. The first kappa shape index (κ1) is 26.2. The fraction of sp³-hybridized carbons (Fsp3) is 0.393. The number of anilines is 2. The lowest BCUT2D eigenvalue weighted by atomic mass is 9.79. The summed E-state index contributed by atoms with van der Waals surface area (Å²) in [5, 5.41) is 5.12. The van der Waals surface area contributed by atoms with Crippen molar-refractivity contribution >= 4 is 35.3 Å². The lowest BCUT2D eigenvalue weighted by Gasteiger charge is -2.47. The van der Waals surface area contributed by atoms with Crippen molar-refractivity contribution in [2.45, 2.75) is 52.0 Å². The number of fused-ring (bicyclic) bond motifs is 1. The molecule has 1 unspecified atom stereocenters. The molecular formula is C28H33FN4O4. The lowest BCUT2D eigenvalue weighted by Crippen LogP contribution is -2.48. The third kappa shape index (κ3) is 5.30. The summed E-state index contributed by atoms with van der Waals surface area (Å²) in [7, 11) is 1.58. The fourth-order valence-corrected chi connectivity index (χ4v) is 5.21. The summed E-state index contributed by atoms with van der Waals surface area (Å²) >= 11 is 0. The SMILES string of the molecule is CCCN1c2cc(OC)c(/C=C3/NC(=O)N(CC(=O)Nc4ccc(F)cc4)C3=O)cc2C(C)CC1(C)C. The molecule has 1 fully saturated rings. The van der Waals surface area contributed by atoms with E-state index in [4.69, 9.17) is 4.74 Å². The van der Waals surface area contributed by atoms with Crippen LogP contribution in [0.5, 0.6) is 5.75 Å². The highest BCUT2D eigenvalue weighted by molar-refractivity contribution is 6.16. The van der Waals surface area contributed by atoms with Crippen LogP contribution in [0.15, 0.2) is 42.1 Å². The number of urea groups is 1. The summed E-state index contributed by atoms with van der Waals surface area (Å²) in [4.78, 5) is 41.2. The molecule has 0 saturated carbocycles. The molecule has 2 heterocycles. The molecule has 4 rings (SSSR count). The number of carbonyl (C=O) groups excluding carboxylic acids is 3. The van der Waals surface area contributed by atoms with Gasteiger partial charge in [-0.05, 0) is 74.6 Å². The molecule has 37 heavy (non-hydrogen) atoms. The first-order valence-corrected chi connectivity index (χ1v) is 12.4. The summed E-state index contributed by atoms with van der Waals surface area (Å²) < 4.78 is 18.8.